The highest BCUT2D eigenvalue weighted by atomic mass is 32.1. The van der Waals surface area contributed by atoms with E-state index in [-0.39, 0.29) is 5.91 Å². The van der Waals surface area contributed by atoms with E-state index in [2.05, 4.69) is 4.98 Å². The van der Waals surface area contributed by atoms with Gasteiger partial charge in [-0.25, -0.2) is 4.98 Å². The number of carbonyl (C=O) groups is 1. The van der Waals surface area contributed by atoms with Crippen LogP contribution in [-0.4, -0.2) is 22.3 Å². The van der Waals surface area contributed by atoms with E-state index in [1.54, 1.807) is 4.90 Å². The van der Waals surface area contributed by atoms with E-state index in [0.717, 1.165) is 26.8 Å². The number of rotatable bonds is 4. The van der Waals surface area contributed by atoms with E-state index in [1.165, 1.54) is 11.3 Å². The summed E-state index contributed by atoms with van der Waals surface area (Å²) in [4.78, 5) is 19.4. The second kappa shape index (κ2) is 6.05. The third-order valence-corrected chi connectivity index (χ3v) is 4.24. The zero-order chi connectivity index (χ0) is 14.7. The largest absolute Gasteiger partial charge is 0.398 e. The van der Waals surface area contributed by atoms with Gasteiger partial charge in [0.1, 0.15) is 4.88 Å². The lowest BCUT2D eigenvalue weighted by Gasteiger charge is -2.21. The molecule has 0 bridgehead atoms. The third kappa shape index (κ3) is 2.99. The van der Waals surface area contributed by atoms with Crippen molar-refractivity contribution >= 4 is 22.9 Å². The van der Waals surface area contributed by atoms with Gasteiger partial charge in [0.2, 0.25) is 0 Å². The van der Waals surface area contributed by atoms with Gasteiger partial charge in [-0.1, -0.05) is 18.2 Å². The molecule has 0 saturated carbocycles. The number of para-hydroxylation sites is 1. The zero-order valence-corrected chi connectivity index (χ0v) is 12.8. The zero-order valence-electron chi connectivity index (χ0n) is 12.0. The summed E-state index contributed by atoms with van der Waals surface area (Å²) in [6.07, 6.45) is 0. The molecule has 0 atom stereocenters. The highest BCUT2D eigenvalue weighted by Crippen LogP contribution is 2.21. The van der Waals surface area contributed by atoms with Crippen molar-refractivity contribution in [2.45, 2.75) is 27.3 Å². The van der Waals surface area contributed by atoms with Gasteiger partial charge in [-0.2, -0.15) is 0 Å². The maximum absolute atomic E-state index is 12.6. The maximum Gasteiger partial charge on any atom is 0.266 e. The number of anilines is 1. The first kappa shape index (κ1) is 14.5. The molecule has 4 nitrogen and oxygen atoms in total. The van der Waals surface area contributed by atoms with Gasteiger partial charge in [0.05, 0.1) is 10.7 Å². The monoisotopic (exact) mass is 289 g/mol. The molecule has 2 aromatic rings. The van der Waals surface area contributed by atoms with Crippen molar-refractivity contribution in [3.8, 4) is 0 Å². The number of aromatic nitrogens is 1. The molecule has 106 valence electrons. The summed E-state index contributed by atoms with van der Waals surface area (Å²) >= 11 is 1.45. The maximum atomic E-state index is 12.6. The van der Waals surface area contributed by atoms with E-state index < -0.39 is 0 Å². The fraction of sp³-hybridized carbons (Fsp3) is 0.333. The first-order valence-electron chi connectivity index (χ1n) is 6.59. The van der Waals surface area contributed by atoms with Crippen molar-refractivity contribution in [2.24, 2.45) is 0 Å². The van der Waals surface area contributed by atoms with Crippen LogP contribution in [0.3, 0.4) is 0 Å². The topological polar surface area (TPSA) is 59.2 Å². The minimum Gasteiger partial charge on any atom is -0.398 e. The van der Waals surface area contributed by atoms with Crippen molar-refractivity contribution in [3.63, 3.8) is 0 Å². The van der Waals surface area contributed by atoms with Crippen LogP contribution >= 0.6 is 11.3 Å². The van der Waals surface area contributed by atoms with Crippen molar-refractivity contribution in [2.75, 3.05) is 12.3 Å². The summed E-state index contributed by atoms with van der Waals surface area (Å²) in [5.41, 5.74) is 8.44. The van der Waals surface area contributed by atoms with Crippen molar-refractivity contribution < 1.29 is 4.79 Å². The molecular formula is C15H19N3OS. The Morgan fingerprint density at radius 2 is 2.05 bits per heavy atom. The number of hydrogen-bond donors (Lipinski definition) is 1. The van der Waals surface area contributed by atoms with Gasteiger partial charge in [0.25, 0.3) is 5.91 Å². The van der Waals surface area contributed by atoms with Crippen LogP contribution in [0, 0.1) is 13.8 Å². The molecule has 1 aromatic carbocycles. The summed E-state index contributed by atoms with van der Waals surface area (Å²) in [6.45, 7) is 6.93. The smallest absolute Gasteiger partial charge is 0.266 e. The second-order valence-corrected chi connectivity index (χ2v) is 5.87. The van der Waals surface area contributed by atoms with Crippen LogP contribution in [0.5, 0.6) is 0 Å². The Morgan fingerprint density at radius 1 is 1.35 bits per heavy atom. The fourth-order valence-electron chi connectivity index (χ4n) is 2.08. The van der Waals surface area contributed by atoms with E-state index in [4.69, 9.17) is 5.73 Å². The predicted molar refractivity (Wildman–Crippen MR) is 82.9 cm³/mol. The van der Waals surface area contributed by atoms with E-state index in [0.29, 0.717) is 13.1 Å². The molecule has 2 N–H and O–H groups in total. The Kier molecular flexibility index (Phi) is 4.39. The molecule has 1 amide bonds. The molecule has 0 aliphatic rings. The van der Waals surface area contributed by atoms with Crippen molar-refractivity contribution in [3.05, 3.63) is 45.4 Å². The summed E-state index contributed by atoms with van der Waals surface area (Å²) < 4.78 is 0. The Labute approximate surface area is 123 Å². The number of thiazole rings is 1. The molecule has 2 rings (SSSR count). The second-order valence-electron chi connectivity index (χ2n) is 4.67. The molecule has 1 aromatic heterocycles. The van der Waals surface area contributed by atoms with Gasteiger partial charge in [-0.15, -0.1) is 11.3 Å². The highest BCUT2D eigenvalue weighted by molar-refractivity contribution is 7.13. The Hall–Kier alpha value is -1.88. The minimum absolute atomic E-state index is 0.0267. The number of benzene rings is 1. The van der Waals surface area contributed by atoms with Crippen LogP contribution in [0.25, 0.3) is 0 Å². The van der Waals surface area contributed by atoms with Crippen LogP contribution in [0.1, 0.15) is 32.9 Å². The number of nitrogens with two attached hydrogens (primary N) is 1. The Bertz CT molecular complexity index is 621. The molecule has 0 fully saturated rings. The van der Waals surface area contributed by atoms with E-state index in [1.807, 2.05) is 45.0 Å². The van der Waals surface area contributed by atoms with Gasteiger partial charge in [0.15, 0.2) is 0 Å². The first-order valence-corrected chi connectivity index (χ1v) is 7.41. The van der Waals surface area contributed by atoms with Crippen LogP contribution < -0.4 is 5.73 Å². The third-order valence-electron chi connectivity index (χ3n) is 3.18. The number of carbonyl (C=O) groups excluding carboxylic acids is 1. The van der Waals surface area contributed by atoms with Crippen LogP contribution in [-0.2, 0) is 6.54 Å². The van der Waals surface area contributed by atoms with E-state index >= 15 is 0 Å². The fourth-order valence-corrected chi connectivity index (χ4v) is 2.97. The molecule has 0 saturated heterocycles. The van der Waals surface area contributed by atoms with E-state index in [9.17, 15) is 4.79 Å². The first-order chi connectivity index (χ1) is 9.52. The van der Waals surface area contributed by atoms with Crippen molar-refractivity contribution in [1.29, 1.82) is 0 Å². The summed E-state index contributed by atoms with van der Waals surface area (Å²) in [6, 6.07) is 7.64. The molecule has 0 aliphatic heterocycles. The highest BCUT2D eigenvalue weighted by Gasteiger charge is 2.20. The molecule has 0 spiro atoms. The summed E-state index contributed by atoms with van der Waals surface area (Å²) in [7, 11) is 0. The molecule has 0 unspecified atom stereocenters. The number of aryl methyl sites for hydroxylation is 2. The van der Waals surface area contributed by atoms with Gasteiger partial charge in [-0.05, 0) is 32.4 Å². The standard InChI is InChI=1S/C15H19N3OS/c1-4-18(9-12-7-5-6-8-13(12)16)15(19)14-10(2)17-11(3)20-14/h5-8H,4,9,16H2,1-3H3. The lowest BCUT2D eigenvalue weighted by molar-refractivity contribution is 0.0757. The minimum atomic E-state index is 0.0267. The molecule has 0 aliphatic carbocycles. The molecule has 5 heteroatoms. The molecule has 1 heterocycles. The SMILES string of the molecule is CCN(Cc1ccccc1N)C(=O)c1sc(C)nc1C. The Balaban J connectivity index is 2.22. The number of amides is 1. The van der Waals surface area contributed by atoms with Crippen LogP contribution in [0.2, 0.25) is 0 Å². The lowest BCUT2D eigenvalue weighted by atomic mass is 10.1. The quantitative estimate of drug-likeness (QED) is 0.880. The molecule has 20 heavy (non-hydrogen) atoms. The molecule has 0 radical (unpaired) electrons. The average molecular weight is 289 g/mol. The van der Waals surface area contributed by atoms with Crippen LogP contribution in [0.4, 0.5) is 5.69 Å². The Morgan fingerprint density at radius 3 is 2.60 bits per heavy atom. The van der Waals surface area contributed by atoms with Gasteiger partial charge in [0, 0.05) is 18.8 Å². The van der Waals surface area contributed by atoms with Gasteiger partial charge >= 0.3 is 0 Å². The van der Waals surface area contributed by atoms with Gasteiger partial charge < -0.3 is 10.6 Å². The van der Waals surface area contributed by atoms with Gasteiger partial charge in [-0.3, -0.25) is 4.79 Å². The normalized spacial score (nSPS) is 10.6. The summed E-state index contributed by atoms with van der Waals surface area (Å²) in [5, 5.41) is 0.918. The predicted octanol–water partition coefficient (Wildman–Crippen LogP) is 3.00. The number of nitrogen functional groups attached to an aromatic ring is 1. The molecular weight excluding hydrogens is 270 g/mol. The van der Waals surface area contributed by atoms with Crippen molar-refractivity contribution in [1.82, 2.24) is 9.88 Å². The number of hydrogen-bond acceptors (Lipinski definition) is 4. The average Bonchev–Trinajstić information content (AvgIpc) is 2.76. The summed E-state index contributed by atoms with van der Waals surface area (Å²) in [5.74, 6) is 0.0267. The van der Waals surface area contributed by atoms with Crippen LogP contribution in [0.15, 0.2) is 24.3 Å². The number of nitrogens with zero attached hydrogens (tertiary/aromatic N) is 2. The lowest BCUT2D eigenvalue weighted by Crippen LogP contribution is -2.30.